The van der Waals surface area contributed by atoms with Crippen LogP contribution in [-0.4, -0.2) is 118 Å². The molecule has 0 radical (unpaired) electrons. The van der Waals surface area contributed by atoms with Crippen molar-refractivity contribution in [2.24, 2.45) is 0 Å². The molecule has 0 aromatic rings. The molecule has 0 spiro atoms. The summed E-state index contributed by atoms with van der Waals surface area (Å²) in [6.07, 6.45) is 13.6. The van der Waals surface area contributed by atoms with Crippen molar-refractivity contribution in [2.45, 2.75) is 97.3 Å². The molecule has 0 saturated carbocycles. The van der Waals surface area contributed by atoms with Crippen LogP contribution in [0, 0.1) is 0 Å². The molecule has 0 bridgehead atoms. The van der Waals surface area contributed by atoms with Gasteiger partial charge in [-0.3, -0.25) is 9.59 Å². The number of carbonyl (C=O) groups is 2. The van der Waals surface area contributed by atoms with E-state index in [0.717, 1.165) is 38.5 Å². The van der Waals surface area contributed by atoms with Gasteiger partial charge >= 0.3 is 11.9 Å². The van der Waals surface area contributed by atoms with Crippen LogP contribution in [0.2, 0.25) is 0 Å². The predicted octanol–water partition coefficient (Wildman–Crippen LogP) is 5.30. The summed E-state index contributed by atoms with van der Waals surface area (Å²) in [5.74, 6) is -0.294. The van der Waals surface area contributed by atoms with Crippen molar-refractivity contribution in [3.05, 3.63) is 0 Å². The summed E-state index contributed by atoms with van der Waals surface area (Å²) in [5.41, 5.74) is 0. The lowest BCUT2D eigenvalue weighted by Crippen LogP contribution is -2.15. The van der Waals surface area contributed by atoms with Crippen LogP contribution >= 0.6 is 0 Å². The van der Waals surface area contributed by atoms with Gasteiger partial charge in [-0.25, -0.2) is 0 Å². The first-order chi connectivity index (χ1) is 21.7. The van der Waals surface area contributed by atoms with E-state index in [-0.39, 0.29) is 25.2 Å². The lowest BCUT2D eigenvalue weighted by molar-refractivity contribution is -0.146. The number of esters is 2. The molecule has 0 atom stereocenters. The van der Waals surface area contributed by atoms with E-state index in [2.05, 4.69) is 13.8 Å². The second kappa shape index (κ2) is 37.8. The smallest absolute Gasteiger partial charge is 0.305 e. The largest absolute Gasteiger partial charge is 0.463 e. The Morgan fingerprint density at radius 3 is 0.841 bits per heavy atom. The van der Waals surface area contributed by atoms with Gasteiger partial charge in [0, 0.05) is 12.8 Å². The van der Waals surface area contributed by atoms with Crippen LogP contribution in [0.25, 0.3) is 0 Å². The standard InChI is InChI=1S/C33H64O11/c1-3-5-7-9-10-11-13-15-33(35)44-31-29-42-27-25-40-23-21-38-19-17-36-16-18-37-20-22-39-24-26-41-28-30-43-32(34)14-12-8-6-4-2/h3-31H2,1-2H3. The number of hydrogen-bond acceptors (Lipinski definition) is 11. The van der Waals surface area contributed by atoms with Crippen molar-refractivity contribution >= 4 is 11.9 Å². The van der Waals surface area contributed by atoms with E-state index in [4.69, 9.17) is 42.6 Å². The van der Waals surface area contributed by atoms with Crippen molar-refractivity contribution in [3.63, 3.8) is 0 Å². The summed E-state index contributed by atoms with van der Waals surface area (Å²) < 4.78 is 48.4. The van der Waals surface area contributed by atoms with Crippen LogP contribution in [0.4, 0.5) is 0 Å². The summed E-state index contributed by atoms with van der Waals surface area (Å²) in [6, 6.07) is 0. The Balaban J connectivity index is 3.14. The first-order valence-electron chi connectivity index (χ1n) is 17.1. The lowest BCUT2D eigenvalue weighted by Gasteiger charge is -2.09. The SMILES string of the molecule is CCCCCCCCCC(=O)OCCOCCOCCOCCOCCOCCOCCOCCOC(=O)CCCCCC. The third-order valence-corrected chi connectivity index (χ3v) is 6.43. The highest BCUT2D eigenvalue weighted by Gasteiger charge is 2.03. The monoisotopic (exact) mass is 636 g/mol. The maximum Gasteiger partial charge on any atom is 0.305 e. The van der Waals surface area contributed by atoms with Gasteiger partial charge in [0.2, 0.25) is 0 Å². The van der Waals surface area contributed by atoms with Gasteiger partial charge in [0.25, 0.3) is 0 Å². The number of ether oxygens (including phenoxy) is 9. The molecule has 0 aliphatic carbocycles. The molecule has 0 N–H and O–H groups in total. The zero-order valence-corrected chi connectivity index (χ0v) is 28.0. The molecule has 0 aliphatic rings. The average molecular weight is 637 g/mol. The zero-order valence-electron chi connectivity index (χ0n) is 28.0. The zero-order chi connectivity index (χ0) is 32.0. The molecule has 0 aliphatic heterocycles. The predicted molar refractivity (Wildman–Crippen MR) is 169 cm³/mol. The van der Waals surface area contributed by atoms with E-state index in [9.17, 15) is 9.59 Å². The fraction of sp³-hybridized carbons (Fsp3) is 0.939. The molecule has 0 rings (SSSR count). The van der Waals surface area contributed by atoms with Gasteiger partial charge < -0.3 is 42.6 Å². The van der Waals surface area contributed by atoms with Gasteiger partial charge in [-0.2, -0.15) is 0 Å². The van der Waals surface area contributed by atoms with Crippen molar-refractivity contribution < 1.29 is 52.2 Å². The Morgan fingerprint density at radius 1 is 0.318 bits per heavy atom. The molecular weight excluding hydrogens is 572 g/mol. The number of carbonyl (C=O) groups excluding carboxylic acids is 2. The van der Waals surface area contributed by atoms with Crippen LogP contribution in [-0.2, 0) is 52.2 Å². The summed E-state index contributed by atoms with van der Waals surface area (Å²) in [5, 5.41) is 0. The number of hydrogen-bond donors (Lipinski definition) is 0. The molecule has 0 saturated heterocycles. The van der Waals surface area contributed by atoms with Crippen LogP contribution < -0.4 is 0 Å². The second-order valence-electron chi connectivity index (χ2n) is 10.4. The average Bonchev–Trinajstić information content (AvgIpc) is 3.02. The third-order valence-electron chi connectivity index (χ3n) is 6.43. The molecule has 0 aromatic carbocycles. The summed E-state index contributed by atoms with van der Waals surface area (Å²) in [7, 11) is 0. The molecule has 0 unspecified atom stereocenters. The topological polar surface area (TPSA) is 117 Å². The molecule has 11 heteroatoms. The fourth-order valence-corrected chi connectivity index (χ4v) is 3.92. The van der Waals surface area contributed by atoms with E-state index < -0.39 is 0 Å². The van der Waals surface area contributed by atoms with Gasteiger partial charge in [-0.05, 0) is 12.8 Å². The maximum atomic E-state index is 11.7. The Morgan fingerprint density at radius 2 is 0.545 bits per heavy atom. The van der Waals surface area contributed by atoms with Gasteiger partial charge in [-0.15, -0.1) is 0 Å². The van der Waals surface area contributed by atoms with Crippen LogP contribution in [0.5, 0.6) is 0 Å². The molecular formula is C33H64O11. The molecule has 0 aromatic heterocycles. The highest BCUT2D eigenvalue weighted by molar-refractivity contribution is 5.69. The quantitative estimate of drug-likeness (QED) is 0.0653. The van der Waals surface area contributed by atoms with Crippen LogP contribution in [0.15, 0.2) is 0 Å². The minimum Gasteiger partial charge on any atom is -0.463 e. The van der Waals surface area contributed by atoms with E-state index in [1.165, 1.54) is 32.1 Å². The molecule has 262 valence electrons. The minimum absolute atomic E-state index is 0.142. The van der Waals surface area contributed by atoms with E-state index in [0.29, 0.717) is 105 Å². The van der Waals surface area contributed by atoms with Gasteiger partial charge in [0.15, 0.2) is 0 Å². The normalized spacial score (nSPS) is 11.2. The van der Waals surface area contributed by atoms with Crippen molar-refractivity contribution in [3.8, 4) is 0 Å². The third kappa shape index (κ3) is 36.8. The molecule has 44 heavy (non-hydrogen) atoms. The van der Waals surface area contributed by atoms with Crippen LogP contribution in [0.1, 0.15) is 97.3 Å². The van der Waals surface area contributed by atoms with Gasteiger partial charge in [-0.1, -0.05) is 71.6 Å². The summed E-state index contributed by atoms with van der Waals surface area (Å²) >= 11 is 0. The summed E-state index contributed by atoms with van der Waals surface area (Å²) in [6.45, 7) is 11.4. The maximum absolute atomic E-state index is 11.7. The van der Waals surface area contributed by atoms with Crippen molar-refractivity contribution in [2.75, 3.05) is 106 Å². The Bertz CT molecular complexity index is 592. The Hall–Kier alpha value is -1.34. The Labute approximate surface area is 267 Å². The lowest BCUT2D eigenvalue weighted by atomic mass is 10.1. The molecule has 0 amide bonds. The first-order valence-corrected chi connectivity index (χ1v) is 17.1. The summed E-state index contributed by atoms with van der Waals surface area (Å²) in [4.78, 5) is 23.2. The highest BCUT2D eigenvalue weighted by Crippen LogP contribution is 2.08. The fourth-order valence-electron chi connectivity index (χ4n) is 3.92. The first kappa shape index (κ1) is 42.7. The number of rotatable bonds is 37. The van der Waals surface area contributed by atoms with E-state index >= 15 is 0 Å². The second-order valence-corrected chi connectivity index (χ2v) is 10.4. The van der Waals surface area contributed by atoms with Crippen molar-refractivity contribution in [1.82, 2.24) is 0 Å². The molecule has 11 nitrogen and oxygen atoms in total. The Kier molecular flexibility index (Phi) is 36.7. The number of unbranched alkanes of at least 4 members (excludes halogenated alkanes) is 9. The van der Waals surface area contributed by atoms with Gasteiger partial charge in [0.05, 0.1) is 92.5 Å². The van der Waals surface area contributed by atoms with Gasteiger partial charge in [0.1, 0.15) is 13.2 Å². The van der Waals surface area contributed by atoms with Crippen LogP contribution in [0.3, 0.4) is 0 Å². The van der Waals surface area contributed by atoms with E-state index in [1.54, 1.807) is 0 Å². The van der Waals surface area contributed by atoms with E-state index in [1.807, 2.05) is 0 Å². The highest BCUT2D eigenvalue weighted by atomic mass is 16.6. The van der Waals surface area contributed by atoms with Crippen molar-refractivity contribution in [1.29, 1.82) is 0 Å². The molecule has 0 fully saturated rings. The minimum atomic E-state index is -0.153. The molecule has 0 heterocycles.